The largest absolute Gasteiger partial charge is 1.00 e. The number of nitrogens with zero attached hydrogens (tertiary/aromatic N) is 1. The van der Waals surface area contributed by atoms with Gasteiger partial charge >= 0.3 is 0 Å². The quantitative estimate of drug-likeness (QED) is 0.513. The molecular formula is C12H17ClN2O2. The van der Waals surface area contributed by atoms with E-state index in [2.05, 4.69) is 4.99 Å². The number of quaternary nitrogens is 1. The van der Waals surface area contributed by atoms with E-state index in [0.29, 0.717) is 11.4 Å². The molecular weight excluding hydrogens is 240 g/mol. The van der Waals surface area contributed by atoms with Gasteiger partial charge in [0.25, 0.3) is 5.72 Å². The van der Waals surface area contributed by atoms with E-state index in [1.54, 1.807) is 19.1 Å². The van der Waals surface area contributed by atoms with Crippen molar-refractivity contribution in [2.24, 2.45) is 4.99 Å². The van der Waals surface area contributed by atoms with Gasteiger partial charge in [0, 0.05) is 12.5 Å². The molecule has 2 unspecified atom stereocenters. The number of aliphatic imine (C=N–C) groups is 1. The lowest BCUT2D eigenvalue weighted by Crippen LogP contribution is -3.18. The van der Waals surface area contributed by atoms with Crippen LogP contribution in [-0.2, 0) is 5.72 Å². The summed E-state index contributed by atoms with van der Waals surface area (Å²) in [6.45, 7) is 5.33. The molecule has 0 spiro atoms. The Hall–Kier alpha value is -0.940. The van der Waals surface area contributed by atoms with Crippen LogP contribution < -0.4 is 17.5 Å². The van der Waals surface area contributed by atoms with Gasteiger partial charge in [-0.05, 0) is 26.0 Å². The van der Waals surface area contributed by atoms with Gasteiger partial charge in [0.05, 0.1) is 0 Å². The average molecular weight is 257 g/mol. The molecule has 0 saturated carbocycles. The lowest BCUT2D eigenvalue weighted by molar-refractivity contribution is -1.08. The van der Waals surface area contributed by atoms with Crippen LogP contribution in [0, 0.1) is 0 Å². The van der Waals surface area contributed by atoms with E-state index in [0.717, 1.165) is 0 Å². The summed E-state index contributed by atoms with van der Waals surface area (Å²) in [6.07, 6.45) is 0. The zero-order chi connectivity index (χ0) is 12.0. The van der Waals surface area contributed by atoms with Gasteiger partial charge in [-0.1, -0.05) is 18.2 Å². The first-order valence-corrected chi connectivity index (χ1v) is 5.31. The second-order valence-electron chi connectivity index (χ2n) is 4.68. The molecule has 0 aliphatic carbocycles. The fourth-order valence-electron chi connectivity index (χ4n) is 2.27. The molecule has 1 heterocycles. The highest BCUT2D eigenvalue weighted by Crippen LogP contribution is 2.33. The highest BCUT2D eigenvalue weighted by Gasteiger charge is 2.60. The van der Waals surface area contributed by atoms with Gasteiger partial charge in [0.15, 0.2) is 0 Å². The number of benzene rings is 1. The topological polar surface area (TPSA) is 57.3 Å². The van der Waals surface area contributed by atoms with E-state index in [4.69, 9.17) is 0 Å². The molecule has 1 aromatic rings. The minimum atomic E-state index is -1.42. The third-order valence-electron chi connectivity index (χ3n) is 3.21. The maximum absolute atomic E-state index is 10.7. The van der Waals surface area contributed by atoms with Crippen molar-refractivity contribution in [1.82, 2.24) is 0 Å². The fourth-order valence-corrected chi connectivity index (χ4v) is 2.27. The van der Waals surface area contributed by atoms with Crippen LogP contribution in [0.5, 0.6) is 0 Å². The van der Waals surface area contributed by atoms with Crippen molar-refractivity contribution in [3.05, 3.63) is 35.9 Å². The number of amidine groups is 1. The zero-order valence-corrected chi connectivity index (χ0v) is 10.9. The van der Waals surface area contributed by atoms with Crippen LogP contribution in [0.2, 0.25) is 0 Å². The van der Waals surface area contributed by atoms with Gasteiger partial charge < -0.3 is 17.5 Å². The Bertz CT molecular complexity index is 433. The molecule has 94 valence electrons. The number of aliphatic hydroxyl groups is 1. The van der Waals surface area contributed by atoms with Gasteiger partial charge in [0.1, 0.15) is 5.54 Å². The molecule has 0 saturated heterocycles. The molecule has 4 nitrogen and oxygen atoms in total. The standard InChI is InChI=1S/C12H16N2O2.ClH/c1-9-13-11(2,3)12(15,14(9)16)10-7-5-4-6-8-10;/h4-8,15-16H,1-3H3;1H. The molecule has 2 rings (SSSR count). The van der Waals surface area contributed by atoms with Crippen molar-refractivity contribution in [2.45, 2.75) is 32.0 Å². The maximum Gasteiger partial charge on any atom is 0.287 e. The van der Waals surface area contributed by atoms with Crippen LogP contribution in [0.15, 0.2) is 35.3 Å². The van der Waals surface area contributed by atoms with E-state index < -0.39 is 11.3 Å². The lowest BCUT2D eigenvalue weighted by atomic mass is 9.86. The van der Waals surface area contributed by atoms with Crippen LogP contribution in [0.1, 0.15) is 26.3 Å². The first-order chi connectivity index (χ1) is 7.39. The second-order valence-corrected chi connectivity index (χ2v) is 4.68. The third kappa shape index (κ3) is 1.87. The first-order valence-electron chi connectivity index (χ1n) is 5.31. The van der Waals surface area contributed by atoms with Crippen molar-refractivity contribution < 1.29 is 27.8 Å². The van der Waals surface area contributed by atoms with Crippen molar-refractivity contribution in [1.29, 1.82) is 0 Å². The van der Waals surface area contributed by atoms with Gasteiger partial charge in [-0.2, -0.15) is 0 Å². The second kappa shape index (κ2) is 4.38. The highest BCUT2D eigenvalue weighted by atomic mass is 35.5. The molecule has 5 heteroatoms. The molecule has 1 aliphatic rings. The third-order valence-corrected chi connectivity index (χ3v) is 3.21. The zero-order valence-electron chi connectivity index (χ0n) is 10.1. The summed E-state index contributed by atoms with van der Waals surface area (Å²) in [7, 11) is 0. The number of rotatable bonds is 1. The van der Waals surface area contributed by atoms with Crippen LogP contribution >= 0.6 is 0 Å². The Balaban J connectivity index is 0.00000144. The first kappa shape index (κ1) is 14.1. The van der Waals surface area contributed by atoms with Gasteiger partial charge in [0.2, 0.25) is 5.84 Å². The van der Waals surface area contributed by atoms with E-state index in [9.17, 15) is 10.3 Å². The van der Waals surface area contributed by atoms with Crippen molar-refractivity contribution >= 4 is 5.84 Å². The normalized spacial score (nSPS) is 30.6. The van der Waals surface area contributed by atoms with Crippen LogP contribution in [0.4, 0.5) is 0 Å². The summed E-state index contributed by atoms with van der Waals surface area (Å²) >= 11 is 0. The van der Waals surface area contributed by atoms with Crippen LogP contribution in [0.3, 0.4) is 0 Å². The van der Waals surface area contributed by atoms with Gasteiger partial charge in [-0.25, -0.2) is 10.2 Å². The SMILES string of the molecule is CC1=NC(C)(C)C(O)(c2ccccc2)[NH+]1O.[Cl-]. The van der Waals surface area contributed by atoms with Crippen molar-refractivity contribution in [3.8, 4) is 0 Å². The Morgan fingerprint density at radius 3 is 2.12 bits per heavy atom. The highest BCUT2D eigenvalue weighted by molar-refractivity contribution is 5.73. The van der Waals surface area contributed by atoms with E-state index >= 15 is 0 Å². The molecule has 17 heavy (non-hydrogen) atoms. The van der Waals surface area contributed by atoms with E-state index in [1.807, 2.05) is 32.0 Å². The van der Waals surface area contributed by atoms with Crippen LogP contribution in [0.25, 0.3) is 0 Å². The predicted molar refractivity (Wildman–Crippen MR) is 60.3 cm³/mol. The minimum absolute atomic E-state index is 0. The lowest BCUT2D eigenvalue weighted by Gasteiger charge is -2.33. The summed E-state index contributed by atoms with van der Waals surface area (Å²) in [5.74, 6) is 0.497. The number of hydrogen-bond acceptors (Lipinski definition) is 3. The smallest absolute Gasteiger partial charge is 0.287 e. The monoisotopic (exact) mass is 256 g/mol. The summed E-state index contributed by atoms with van der Waals surface area (Å²) in [4.78, 5) is 4.31. The van der Waals surface area contributed by atoms with Crippen molar-refractivity contribution in [3.63, 3.8) is 0 Å². The summed E-state index contributed by atoms with van der Waals surface area (Å²) in [5.41, 5.74) is -1.50. The number of hydroxylamine groups is 2. The van der Waals surface area contributed by atoms with Gasteiger partial charge in [-0.3, -0.25) is 0 Å². The molecule has 2 atom stereocenters. The summed E-state index contributed by atoms with van der Waals surface area (Å²) in [6, 6.07) is 9.15. The molecule has 0 aromatic heterocycles. The molecule has 1 aromatic carbocycles. The molecule has 3 N–H and O–H groups in total. The summed E-state index contributed by atoms with van der Waals surface area (Å²) < 4.78 is 0. The Labute approximate surface area is 107 Å². The predicted octanol–water partition coefficient (Wildman–Crippen LogP) is -2.68. The number of nitrogens with one attached hydrogen (secondary N) is 1. The van der Waals surface area contributed by atoms with Crippen molar-refractivity contribution in [2.75, 3.05) is 0 Å². The molecule has 0 fully saturated rings. The average Bonchev–Trinajstić information content (AvgIpc) is 2.41. The Morgan fingerprint density at radius 1 is 1.18 bits per heavy atom. The van der Waals surface area contributed by atoms with E-state index in [1.165, 1.54) is 0 Å². The summed E-state index contributed by atoms with van der Waals surface area (Å²) in [5, 5.41) is 20.7. The molecule has 0 radical (unpaired) electrons. The number of hydrogen-bond donors (Lipinski definition) is 3. The molecule has 1 aliphatic heterocycles. The molecule has 0 bridgehead atoms. The Morgan fingerprint density at radius 2 is 1.71 bits per heavy atom. The maximum atomic E-state index is 10.7. The Kier molecular flexibility index (Phi) is 3.64. The van der Waals surface area contributed by atoms with Gasteiger partial charge in [-0.15, -0.1) is 5.06 Å². The fraction of sp³-hybridized carbons (Fsp3) is 0.417. The molecule has 0 amide bonds. The minimum Gasteiger partial charge on any atom is -1.00 e. The number of halogens is 1. The van der Waals surface area contributed by atoms with E-state index in [-0.39, 0.29) is 17.5 Å². The van der Waals surface area contributed by atoms with Crippen LogP contribution in [-0.4, -0.2) is 21.7 Å².